The second-order valence-corrected chi connectivity index (χ2v) is 4.73. The van der Waals surface area contributed by atoms with Crippen molar-refractivity contribution in [3.63, 3.8) is 0 Å². The Balaban J connectivity index is 1.80. The Bertz CT molecular complexity index is 447. The lowest BCUT2D eigenvalue weighted by Gasteiger charge is -2.19. The maximum atomic E-state index is 12.3. The quantitative estimate of drug-likeness (QED) is 0.776. The van der Waals surface area contributed by atoms with E-state index in [1.165, 1.54) is 0 Å². The third kappa shape index (κ3) is 1.78. The van der Waals surface area contributed by atoms with Gasteiger partial charge >= 0.3 is 0 Å². The van der Waals surface area contributed by atoms with E-state index in [9.17, 15) is 4.79 Å². The second-order valence-electron chi connectivity index (χ2n) is 4.73. The van der Waals surface area contributed by atoms with Crippen molar-refractivity contribution in [1.29, 1.82) is 0 Å². The van der Waals surface area contributed by atoms with Crippen molar-refractivity contribution in [2.24, 2.45) is 5.73 Å². The summed E-state index contributed by atoms with van der Waals surface area (Å²) in [6, 6.07) is 7.90. The van der Waals surface area contributed by atoms with Gasteiger partial charge in [-0.2, -0.15) is 0 Å². The molecule has 2 aliphatic heterocycles. The first-order valence-corrected chi connectivity index (χ1v) is 6.02. The van der Waals surface area contributed by atoms with E-state index in [0.717, 1.165) is 24.3 Å². The number of para-hydroxylation sites is 1. The van der Waals surface area contributed by atoms with Crippen LogP contribution in [0.4, 0.5) is 0 Å². The van der Waals surface area contributed by atoms with E-state index in [1.807, 2.05) is 29.2 Å². The van der Waals surface area contributed by atoms with Crippen LogP contribution in [0.15, 0.2) is 24.3 Å². The minimum atomic E-state index is -0.142. The molecule has 0 aromatic heterocycles. The predicted molar refractivity (Wildman–Crippen MR) is 63.9 cm³/mol. The molecule has 0 aliphatic carbocycles. The van der Waals surface area contributed by atoms with E-state index in [-0.39, 0.29) is 17.9 Å². The minimum Gasteiger partial charge on any atom is -0.492 e. The van der Waals surface area contributed by atoms with Crippen LogP contribution in [0.2, 0.25) is 0 Å². The Morgan fingerprint density at radius 3 is 3.00 bits per heavy atom. The highest BCUT2D eigenvalue weighted by atomic mass is 16.5. The summed E-state index contributed by atoms with van der Waals surface area (Å²) in [5.74, 6) is 0.855. The van der Waals surface area contributed by atoms with Crippen LogP contribution in [0.1, 0.15) is 17.9 Å². The van der Waals surface area contributed by atoms with E-state index in [4.69, 9.17) is 10.5 Å². The molecule has 4 nitrogen and oxygen atoms in total. The fourth-order valence-electron chi connectivity index (χ4n) is 2.57. The number of amides is 1. The predicted octanol–water partition coefficient (Wildman–Crippen LogP) is 0.722. The number of fused-ring (bicyclic) bond motifs is 1. The van der Waals surface area contributed by atoms with Crippen molar-refractivity contribution in [1.82, 2.24) is 4.90 Å². The summed E-state index contributed by atoms with van der Waals surface area (Å²) in [7, 11) is 0. The number of nitrogens with zero attached hydrogens (tertiary/aromatic N) is 1. The SMILES string of the molecule is NC1CCN(C(=O)C2COc3ccccc32)C1. The number of carbonyl (C=O) groups is 1. The molecule has 1 aromatic carbocycles. The molecule has 1 aromatic rings. The van der Waals surface area contributed by atoms with Crippen molar-refractivity contribution in [2.75, 3.05) is 19.7 Å². The van der Waals surface area contributed by atoms with Gasteiger partial charge in [0, 0.05) is 24.7 Å². The Labute approximate surface area is 100 Å². The number of benzene rings is 1. The Hall–Kier alpha value is -1.55. The molecule has 0 spiro atoms. The Kier molecular flexibility index (Phi) is 2.52. The van der Waals surface area contributed by atoms with E-state index < -0.39 is 0 Å². The van der Waals surface area contributed by atoms with Crippen LogP contribution in [0.3, 0.4) is 0 Å². The Morgan fingerprint density at radius 1 is 1.41 bits per heavy atom. The molecule has 1 saturated heterocycles. The molecule has 17 heavy (non-hydrogen) atoms. The molecular formula is C13H16N2O2. The number of likely N-dealkylation sites (tertiary alicyclic amines) is 1. The van der Waals surface area contributed by atoms with Crippen molar-refractivity contribution in [2.45, 2.75) is 18.4 Å². The summed E-state index contributed by atoms with van der Waals surface area (Å²) in [5.41, 5.74) is 6.84. The summed E-state index contributed by atoms with van der Waals surface area (Å²) in [6.07, 6.45) is 0.904. The third-order valence-corrected chi connectivity index (χ3v) is 3.53. The molecule has 1 fully saturated rings. The van der Waals surface area contributed by atoms with E-state index in [1.54, 1.807) is 0 Å². The fraction of sp³-hybridized carbons (Fsp3) is 0.462. The lowest BCUT2D eigenvalue weighted by molar-refractivity contribution is -0.132. The van der Waals surface area contributed by atoms with Crippen molar-refractivity contribution in [3.8, 4) is 5.75 Å². The van der Waals surface area contributed by atoms with Gasteiger partial charge in [-0.15, -0.1) is 0 Å². The Morgan fingerprint density at radius 2 is 2.24 bits per heavy atom. The van der Waals surface area contributed by atoms with E-state index in [2.05, 4.69) is 0 Å². The monoisotopic (exact) mass is 232 g/mol. The minimum absolute atomic E-state index is 0.136. The van der Waals surface area contributed by atoms with Crippen LogP contribution in [0.5, 0.6) is 5.75 Å². The van der Waals surface area contributed by atoms with E-state index in [0.29, 0.717) is 13.2 Å². The zero-order valence-corrected chi connectivity index (χ0v) is 9.63. The fourth-order valence-corrected chi connectivity index (χ4v) is 2.57. The summed E-state index contributed by atoms with van der Waals surface area (Å²) in [5, 5.41) is 0. The van der Waals surface area contributed by atoms with Crippen molar-refractivity contribution < 1.29 is 9.53 Å². The van der Waals surface area contributed by atoms with Gasteiger partial charge in [0.25, 0.3) is 0 Å². The normalized spacial score (nSPS) is 26.8. The highest BCUT2D eigenvalue weighted by Crippen LogP contribution is 2.35. The molecule has 2 atom stereocenters. The molecule has 3 rings (SSSR count). The number of hydrogen-bond donors (Lipinski definition) is 1. The summed E-state index contributed by atoms with van der Waals surface area (Å²) in [6.45, 7) is 1.92. The van der Waals surface area contributed by atoms with Crippen LogP contribution < -0.4 is 10.5 Å². The van der Waals surface area contributed by atoms with Gasteiger partial charge in [-0.1, -0.05) is 18.2 Å². The third-order valence-electron chi connectivity index (χ3n) is 3.53. The van der Waals surface area contributed by atoms with Gasteiger partial charge in [-0.3, -0.25) is 4.79 Å². The topological polar surface area (TPSA) is 55.6 Å². The van der Waals surface area contributed by atoms with Crippen molar-refractivity contribution in [3.05, 3.63) is 29.8 Å². The average Bonchev–Trinajstić information content (AvgIpc) is 2.94. The maximum Gasteiger partial charge on any atom is 0.233 e. The summed E-state index contributed by atoms with van der Waals surface area (Å²) in [4.78, 5) is 14.2. The zero-order valence-electron chi connectivity index (χ0n) is 9.63. The number of ether oxygens (including phenoxy) is 1. The molecule has 0 radical (unpaired) electrons. The standard InChI is InChI=1S/C13H16N2O2/c14-9-5-6-15(7-9)13(16)11-8-17-12-4-2-1-3-10(11)12/h1-4,9,11H,5-8,14H2. The number of rotatable bonds is 1. The number of carbonyl (C=O) groups excluding carboxylic acids is 1. The number of nitrogens with two attached hydrogens (primary N) is 1. The van der Waals surface area contributed by atoms with Crippen LogP contribution >= 0.6 is 0 Å². The summed E-state index contributed by atoms with van der Waals surface area (Å²) >= 11 is 0. The summed E-state index contributed by atoms with van der Waals surface area (Å²) < 4.78 is 5.54. The molecule has 0 bridgehead atoms. The molecule has 1 amide bonds. The smallest absolute Gasteiger partial charge is 0.233 e. The van der Waals surface area contributed by atoms with Gasteiger partial charge in [-0.25, -0.2) is 0 Å². The van der Waals surface area contributed by atoms with Crippen LogP contribution in [-0.4, -0.2) is 36.5 Å². The molecule has 2 N–H and O–H groups in total. The van der Waals surface area contributed by atoms with E-state index >= 15 is 0 Å². The molecule has 2 unspecified atom stereocenters. The molecule has 2 heterocycles. The lowest BCUT2D eigenvalue weighted by atomic mass is 10.00. The molecule has 90 valence electrons. The maximum absolute atomic E-state index is 12.3. The zero-order chi connectivity index (χ0) is 11.8. The molecule has 2 aliphatic rings. The highest BCUT2D eigenvalue weighted by Gasteiger charge is 2.35. The average molecular weight is 232 g/mol. The van der Waals surface area contributed by atoms with Gasteiger partial charge < -0.3 is 15.4 Å². The first-order chi connectivity index (χ1) is 8.25. The van der Waals surface area contributed by atoms with Gasteiger partial charge in [0.05, 0.1) is 0 Å². The molecule has 0 saturated carbocycles. The largest absolute Gasteiger partial charge is 0.492 e. The first-order valence-electron chi connectivity index (χ1n) is 6.02. The van der Waals surface area contributed by atoms with Crippen LogP contribution in [0.25, 0.3) is 0 Å². The number of hydrogen-bond acceptors (Lipinski definition) is 3. The van der Waals surface area contributed by atoms with Gasteiger partial charge in [0.1, 0.15) is 18.3 Å². The lowest BCUT2D eigenvalue weighted by Crippen LogP contribution is -2.35. The van der Waals surface area contributed by atoms with Crippen LogP contribution in [-0.2, 0) is 4.79 Å². The van der Waals surface area contributed by atoms with Gasteiger partial charge in [-0.05, 0) is 12.5 Å². The first kappa shape index (κ1) is 10.6. The van der Waals surface area contributed by atoms with Crippen molar-refractivity contribution >= 4 is 5.91 Å². The highest BCUT2D eigenvalue weighted by molar-refractivity contribution is 5.85. The molecular weight excluding hydrogens is 216 g/mol. The van der Waals surface area contributed by atoms with Crippen LogP contribution in [0, 0.1) is 0 Å². The van der Waals surface area contributed by atoms with Gasteiger partial charge in [0.2, 0.25) is 5.91 Å². The molecule has 4 heteroatoms. The van der Waals surface area contributed by atoms with Gasteiger partial charge in [0.15, 0.2) is 0 Å². The second kappa shape index (κ2) is 4.04.